The number of hydrogen-bond acceptors (Lipinski definition) is 5. The summed E-state index contributed by atoms with van der Waals surface area (Å²) >= 11 is 5.83. The molecule has 25 heavy (non-hydrogen) atoms. The monoisotopic (exact) mass is 363 g/mol. The molecule has 0 radical (unpaired) electrons. The molecule has 0 fully saturated rings. The van der Waals surface area contributed by atoms with E-state index in [0.29, 0.717) is 17.1 Å². The van der Waals surface area contributed by atoms with E-state index in [1.165, 1.54) is 25.4 Å². The Labute approximate surface area is 150 Å². The van der Waals surface area contributed by atoms with Crippen LogP contribution in [0, 0.1) is 0 Å². The highest BCUT2D eigenvalue weighted by Gasteiger charge is 2.15. The summed E-state index contributed by atoms with van der Waals surface area (Å²) in [5.74, 6) is -0.135. The van der Waals surface area contributed by atoms with Crippen LogP contribution in [0.2, 0.25) is 5.15 Å². The minimum Gasteiger partial charge on any atom is -0.493 e. The van der Waals surface area contributed by atoms with Gasteiger partial charge >= 0.3 is 0 Å². The van der Waals surface area contributed by atoms with E-state index < -0.39 is 11.8 Å². The molecule has 2 aromatic rings. The maximum atomic E-state index is 12.2. The number of rotatable bonds is 5. The molecule has 0 aliphatic carbocycles. The SMILES string of the molecule is COc1cc(C(=O)NNC(=O)c2cccnc2Cl)ccc1OC(C)C. The Bertz CT molecular complexity index is 780. The van der Waals surface area contributed by atoms with Crippen molar-refractivity contribution in [3.05, 3.63) is 52.8 Å². The molecule has 0 bridgehead atoms. The molecule has 2 amide bonds. The zero-order valence-electron chi connectivity index (χ0n) is 14.0. The van der Waals surface area contributed by atoms with E-state index in [1.54, 1.807) is 18.2 Å². The van der Waals surface area contributed by atoms with Gasteiger partial charge in [-0.25, -0.2) is 4.98 Å². The van der Waals surface area contributed by atoms with Crippen molar-refractivity contribution < 1.29 is 19.1 Å². The minimum atomic E-state index is -0.571. The van der Waals surface area contributed by atoms with Crippen LogP contribution in [-0.4, -0.2) is 30.0 Å². The number of hydrogen-bond donors (Lipinski definition) is 2. The lowest BCUT2D eigenvalue weighted by Crippen LogP contribution is -2.41. The zero-order valence-corrected chi connectivity index (χ0v) is 14.8. The number of aromatic nitrogens is 1. The predicted molar refractivity (Wildman–Crippen MR) is 92.9 cm³/mol. The average molecular weight is 364 g/mol. The Hall–Kier alpha value is -2.80. The molecule has 1 aromatic carbocycles. The highest BCUT2D eigenvalue weighted by atomic mass is 35.5. The van der Waals surface area contributed by atoms with Crippen LogP contribution in [-0.2, 0) is 0 Å². The molecule has 0 atom stereocenters. The number of nitrogens with zero attached hydrogens (tertiary/aromatic N) is 1. The summed E-state index contributed by atoms with van der Waals surface area (Å²) in [7, 11) is 1.48. The summed E-state index contributed by atoms with van der Waals surface area (Å²) in [6.45, 7) is 3.78. The van der Waals surface area contributed by atoms with Gasteiger partial charge < -0.3 is 9.47 Å². The number of hydrazine groups is 1. The molecule has 0 aliphatic rings. The van der Waals surface area contributed by atoms with Crippen LogP contribution >= 0.6 is 11.6 Å². The fourth-order valence-electron chi connectivity index (χ4n) is 1.97. The van der Waals surface area contributed by atoms with E-state index in [0.717, 1.165) is 0 Å². The smallest absolute Gasteiger partial charge is 0.272 e. The Morgan fingerprint density at radius 2 is 1.84 bits per heavy atom. The molecular weight excluding hydrogens is 346 g/mol. The van der Waals surface area contributed by atoms with Crippen molar-refractivity contribution in [2.75, 3.05) is 7.11 Å². The first-order chi connectivity index (χ1) is 11.9. The van der Waals surface area contributed by atoms with Crippen molar-refractivity contribution in [3.8, 4) is 11.5 Å². The molecule has 7 nitrogen and oxygen atoms in total. The number of nitrogens with one attached hydrogen (secondary N) is 2. The summed E-state index contributed by atoms with van der Waals surface area (Å²) in [5, 5.41) is 0.0473. The van der Waals surface area contributed by atoms with E-state index in [9.17, 15) is 9.59 Å². The molecule has 0 aliphatic heterocycles. The number of ether oxygens (including phenoxy) is 2. The standard InChI is InChI=1S/C17H18ClN3O4/c1-10(2)25-13-7-6-11(9-14(13)24-3)16(22)20-21-17(23)12-5-4-8-19-15(12)18/h4-10H,1-3H3,(H,20,22)(H,21,23). The maximum Gasteiger partial charge on any atom is 0.272 e. The first-order valence-corrected chi connectivity index (χ1v) is 7.86. The average Bonchev–Trinajstić information content (AvgIpc) is 2.59. The normalized spacial score (nSPS) is 10.3. The third-order valence-electron chi connectivity index (χ3n) is 3.08. The molecule has 132 valence electrons. The van der Waals surface area contributed by atoms with Crippen LogP contribution < -0.4 is 20.3 Å². The number of benzene rings is 1. The Kier molecular flexibility index (Phi) is 6.19. The van der Waals surface area contributed by atoms with Gasteiger partial charge in [0, 0.05) is 11.8 Å². The van der Waals surface area contributed by atoms with Crippen molar-refractivity contribution >= 4 is 23.4 Å². The molecule has 1 aromatic heterocycles. The van der Waals surface area contributed by atoms with Crippen molar-refractivity contribution in [1.29, 1.82) is 0 Å². The quantitative estimate of drug-likeness (QED) is 0.629. The van der Waals surface area contributed by atoms with Crippen molar-refractivity contribution in [3.63, 3.8) is 0 Å². The first kappa shape index (κ1) is 18.5. The second-order valence-corrected chi connectivity index (χ2v) is 5.64. The molecule has 2 rings (SSSR count). The molecule has 0 spiro atoms. The van der Waals surface area contributed by atoms with Crippen molar-refractivity contribution in [2.24, 2.45) is 0 Å². The van der Waals surface area contributed by atoms with Gasteiger partial charge in [-0.2, -0.15) is 0 Å². The van der Waals surface area contributed by atoms with E-state index in [2.05, 4.69) is 15.8 Å². The van der Waals surface area contributed by atoms with Gasteiger partial charge in [0.05, 0.1) is 18.8 Å². The molecule has 0 unspecified atom stereocenters. The molecule has 0 saturated carbocycles. The van der Waals surface area contributed by atoms with E-state index >= 15 is 0 Å². The lowest BCUT2D eigenvalue weighted by atomic mass is 10.2. The third-order valence-corrected chi connectivity index (χ3v) is 3.38. The zero-order chi connectivity index (χ0) is 18.4. The molecule has 1 heterocycles. The lowest BCUT2D eigenvalue weighted by Gasteiger charge is -2.14. The van der Waals surface area contributed by atoms with Gasteiger partial charge in [0.25, 0.3) is 11.8 Å². The molecule has 2 N–H and O–H groups in total. The number of methoxy groups -OCH3 is 1. The minimum absolute atomic E-state index is 0.0305. The molecular formula is C17H18ClN3O4. The number of carbonyl (C=O) groups excluding carboxylic acids is 2. The van der Waals surface area contributed by atoms with Gasteiger partial charge in [-0.05, 0) is 44.2 Å². The van der Waals surface area contributed by atoms with Crippen LogP contribution in [0.5, 0.6) is 11.5 Å². The summed E-state index contributed by atoms with van der Waals surface area (Å²) in [6, 6.07) is 7.79. The van der Waals surface area contributed by atoms with Crippen LogP contribution in [0.1, 0.15) is 34.6 Å². The van der Waals surface area contributed by atoms with Gasteiger partial charge in [0.1, 0.15) is 5.15 Å². The second-order valence-electron chi connectivity index (χ2n) is 5.28. The Balaban J connectivity index is 2.06. The van der Waals surface area contributed by atoms with Gasteiger partial charge in [-0.3, -0.25) is 20.4 Å². The first-order valence-electron chi connectivity index (χ1n) is 7.48. The number of amides is 2. The van der Waals surface area contributed by atoms with Gasteiger partial charge in [0.2, 0.25) is 0 Å². The second kappa shape index (κ2) is 8.34. The summed E-state index contributed by atoms with van der Waals surface area (Å²) in [5.41, 5.74) is 5.05. The summed E-state index contributed by atoms with van der Waals surface area (Å²) < 4.78 is 10.8. The number of carbonyl (C=O) groups is 2. The van der Waals surface area contributed by atoms with Crippen molar-refractivity contribution in [2.45, 2.75) is 20.0 Å². The lowest BCUT2D eigenvalue weighted by molar-refractivity contribution is 0.0846. The number of pyridine rings is 1. The molecule has 0 saturated heterocycles. The number of halogens is 1. The predicted octanol–water partition coefficient (Wildman–Crippen LogP) is 2.61. The van der Waals surface area contributed by atoms with Crippen LogP contribution in [0.4, 0.5) is 0 Å². The van der Waals surface area contributed by atoms with Gasteiger partial charge in [-0.15, -0.1) is 0 Å². The Morgan fingerprint density at radius 3 is 2.48 bits per heavy atom. The summed E-state index contributed by atoms with van der Waals surface area (Å²) in [4.78, 5) is 28.0. The topological polar surface area (TPSA) is 89.6 Å². The molecule has 8 heteroatoms. The fourth-order valence-corrected chi connectivity index (χ4v) is 2.17. The van der Waals surface area contributed by atoms with Crippen LogP contribution in [0.25, 0.3) is 0 Å². The highest BCUT2D eigenvalue weighted by molar-refractivity contribution is 6.32. The van der Waals surface area contributed by atoms with Gasteiger partial charge in [0.15, 0.2) is 11.5 Å². The van der Waals surface area contributed by atoms with E-state index in [1.807, 2.05) is 13.8 Å². The highest BCUT2D eigenvalue weighted by Crippen LogP contribution is 2.28. The third kappa shape index (κ3) is 4.84. The van der Waals surface area contributed by atoms with Crippen LogP contribution in [0.3, 0.4) is 0 Å². The summed E-state index contributed by atoms with van der Waals surface area (Å²) in [6.07, 6.45) is 1.43. The fraction of sp³-hybridized carbons (Fsp3) is 0.235. The van der Waals surface area contributed by atoms with E-state index in [4.69, 9.17) is 21.1 Å². The van der Waals surface area contributed by atoms with E-state index in [-0.39, 0.29) is 16.8 Å². The maximum absolute atomic E-state index is 12.2. The Morgan fingerprint density at radius 1 is 1.12 bits per heavy atom. The van der Waals surface area contributed by atoms with Gasteiger partial charge in [-0.1, -0.05) is 11.6 Å². The van der Waals surface area contributed by atoms with Crippen LogP contribution in [0.15, 0.2) is 36.5 Å². The largest absolute Gasteiger partial charge is 0.493 e. The van der Waals surface area contributed by atoms with Crippen molar-refractivity contribution in [1.82, 2.24) is 15.8 Å².